The lowest BCUT2D eigenvalue weighted by Crippen LogP contribution is -2.34. The van der Waals surface area contributed by atoms with Crippen molar-refractivity contribution in [1.82, 2.24) is 4.90 Å². The van der Waals surface area contributed by atoms with Crippen LogP contribution >= 0.6 is 12.2 Å². The minimum atomic E-state index is 0.772. The first-order valence-electron chi connectivity index (χ1n) is 7.27. The fourth-order valence-corrected chi connectivity index (χ4v) is 2.58. The monoisotopic (exact) mass is 298 g/mol. The average molecular weight is 298 g/mol. The average Bonchev–Trinajstić information content (AvgIpc) is 2.48. The van der Waals surface area contributed by atoms with E-state index in [-0.39, 0.29) is 0 Å². The summed E-state index contributed by atoms with van der Waals surface area (Å²) in [7, 11) is 0. The third kappa shape index (κ3) is 4.30. The van der Waals surface area contributed by atoms with Crippen molar-refractivity contribution in [2.75, 3.05) is 11.9 Å². The molecule has 0 unspecified atom stereocenters. The van der Waals surface area contributed by atoms with Crippen LogP contribution in [0.2, 0.25) is 0 Å². The van der Waals surface area contributed by atoms with Crippen LogP contribution in [0.3, 0.4) is 0 Å². The predicted molar refractivity (Wildman–Crippen MR) is 94.7 cm³/mol. The first-order chi connectivity index (χ1) is 10.1. The van der Waals surface area contributed by atoms with Gasteiger partial charge in [0.05, 0.1) is 0 Å². The highest BCUT2D eigenvalue weighted by Gasteiger charge is 2.09. The molecular weight excluding hydrogens is 276 g/mol. The molecule has 2 aromatic rings. The number of thiocarbonyl (C=S) groups is 1. The Hall–Kier alpha value is -1.87. The summed E-state index contributed by atoms with van der Waals surface area (Å²) in [6.07, 6.45) is 0. The second-order valence-electron chi connectivity index (χ2n) is 5.25. The molecule has 0 radical (unpaired) electrons. The van der Waals surface area contributed by atoms with Crippen LogP contribution in [0.1, 0.15) is 23.6 Å². The second kappa shape index (κ2) is 7.23. The van der Waals surface area contributed by atoms with Gasteiger partial charge in [-0.15, -0.1) is 0 Å². The van der Waals surface area contributed by atoms with Crippen LogP contribution in [0.4, 0.5) is 5.69 Å². The Bertz CT molecular complexity index is 608. The van der Waals surface area contributed by atoms with Crippen molar-refractivity contribution in [3.05, 3.63) is 65.2 Å². The van der Waals surface area contributed by atoms with E-state index in [1.54, 1.807) is 0 Å². The molecule has 0 aliphatic heterocycles. The Balaban J connectivity index is 2.06. The molecule has 2 nitrogen and oxygen atoms in total. The third-order valence-electron chi connectivity index (χ3n) is 3.51. The van der Waals surface area contributed by atoms with Crippen LogP contribution in [0.25, 0.3) is 0 Å². The maximum absolute atomic E-state index is 5.56. The van der Waals surface area contributed by atoms with Crippen molar-refractivity contribution < 1.29 is 0 Å². The topological polar surface area (TPSA) is 15.3 Å². The Morgan fingerprint density at radius 1 is 1.10 bits per heavy atom. The van der Waals surface area contributed by atoms with E-state index in [0.717, 1.165) is 23.9 Å². The molecule has 0 saturated carbocycles. The van der Waals surface area contributed by atoms with Gasteiger partial charge in [-0.2, -0.15) is 0 Å². The lowest BCUT2D eigenvalue weighted by molar-refractivity contribution is 0.442. The van der Waals surface area contributed by atoms with E-state index in [2.05, 4.69) is 73.5 Å². The van der Waals surface area contributed by atoms with Crippen LogP contribution in [0.5, 0.6) is 0 Å². The molecule has 0 aliphatic carbocycles. The van der Waals surface area contributed by atoms with Gasteiger partial charge in [-0.05, 0) is 50.2 Å². The lowest BCUT2D eigenvalue weighted by Gasteiger charge is -2.25. The maximum atomic E-state index is 5.56. The SMILES string of the molecule is CCN(Cc1ccccc1)C(=S)Nc1ccc(C)cc1C. The molecule has 0 atom stereocenters. The summed E-state index contributed by atoms with van der Waals surface area (Å²) in [6.45, 7) is 8.03. The van der Waals surface area contributed by atoms with Gasteiger partial charge in [0, 0.05) is 18.8 Å². The standard InChI is InChI=1S/C18H22N2S/c1-4-20(13-16-8-6-5-7-9-16)18(21)19-17-11-10-14(2)12-15(17)3/h5-12H,4,13H2,1-3H3,(H,19,21). The van der Waals surface area contributed by atoms with Gasteiger partial charge in [0.2, 0.25) is 0 Å². The van der Waals surface area contributed by atoms with Gasteiger partial charge >= 0.3 is 0 Å². The molecule has 0 aromatic heterocycles. The van der Waals surface area contributed by atoms with Crippen molar-refractivity contribution in [2.24, 2.45) is 0 Å². The zero-order valence-corrected chi connectivity index (χ0v) is 13.7. The van der Waals surface area contributed by atoms with Gasteiger partial charge in [0.15, 0.2) is 5.11 Å². The summed E-state index contributed by atoms with van der Waals surface area (Å²) >= 11 is 5.56. The normalized spacial score (nSPS) is 10.2. The van der Waals surface area contributed by atoms with Gasteiger partial charge in [-0.1, -0.05) is 48.0 Å². The Morgan fingerprint density at radius 3 is 2.43 bits per heavy atom. The van der Waals surface area contributed by atoms with Crippen LogP contribution < -0.4 is 5.32 Å². The number of nitrogens with one attached hydrogen (secondary N) is 1. The van der Waals surface area contributed by atoms with Crippen LogP contribution in [-0.2, 0) is 6.54 Å². The Morgan fingerprint density at radius 2 is 1.81 bits per heavy atom. The quantitative estimate of drug-likeness (QED) is 0.835. The minimum absolute atomic E-state index is 0.772. The van der Waals surface area contributed by atoms with E-state index in [9.17, 15) is 0 Å². The maximum Gasteiger partial charge on any atom is 0.173 e. The first kappa shape index (κ1) is 15.5. The molecule has 0 amide bonds. The molecule has 2 aromatic carbocycles. The summed E-state index contributed by atoms with van der Waals surface area (Å²) in [4.78, 5) is 2.17. The van der Waals surface area contributed by atoms with E-state index in [0.29, 0.717) is 0 Å². The van der Waals surface area contributed by atoms with Gasteiger partial charge in [-0.25, -0.2) is 0 Å². The number of rotatable bonds is 4. The summed E-state index contributed by atoms with van der Waals surface area (Å²) in [6, 6.07) is 16.8. The summed E-state index contributed by atoms with van der Waals surface area (Å²) in [5.74, 6) is 0. The van der Waals surface area contributed by atoms with E-state index < -0.39 is 0 Å². The minimum Gasteiger partial charge on any atom is -0.345 e. The molecule has 1 N–H and O–H groups in total. The number of nitrogens with zero attached hydrogens (tertiary/aromatic N) is 1. The molecule has 0 heterocycles. The zero-order valence-electron chi connectivity index (χ0n) is 12.9. The Labute approximate surface area is 132 Å². The molecule has 2 rings (SSSR count). The molecule has 0 fully saturated rings. The highest BCUT2D eigenvalue weighted by Crippen LogP contribution is 2.17. The largest absolute Gasteiger partial charge is 0.345 e. The summed E-state index contributed by atoms with van der Waals surface area (Å²) < 4.78 is 0. The van der Waals surface area contributed by atoms with E-state index in [1.807, 2.05) is 6.07 Å². The fraction of sp³-hybridized carbons (Fsp3) is 0.278. The van der Waals surface area contributed by atoms with Crippen LogP contribution in [-0.4, -0.2) is 16.6 Å². The third-order valence-corrected chi connectivity index (χ3v) is 3.87. The zero-order chi connectivity index (χ0) is 15.2. The van der Waals surface area contributed by atoms with Crippen molar-refractivity contribution >= 4 is 23.0 Å². The molecule has 0 saturated heterocycles. The van der Waals surface area contributed by atoms with Gasteiger partial charge in [0.1, 0.15) is 0 Å². The van der Waals surface area contributed by atoms with E-state index in [4.69, 9.17) is 12.2 Å². The van der Waals surface area contributed by atoms with Crippen molar-refractivity contribution in [3.63, 3.8) is 0 Å². The molecule has 0 aliphatic rings. The molecule has 21 heavy (non-hydrogen) atoms. The number of hydrogen-bond acceptors (Lipinski definition) is 1. The van der Waals surface area contributed by atoms with Gasteiger partial charge < -0.3 is 10.2 Å². The molecule has 0 spiro atoms. The lowest BCUT2D eigenvalue weighted by atomic mass is 10.1. The smallest absolute Gasteiger partial charge is 0.173 e. The highest BCUT2D eigenvalue weighted by molar-refractivity contribution is 7.80. The molecule has 110 valence electrons. The second-order valence-corrected chi connectivity index (χ2v) is 5.64. The van der Waals surface area contributed by atoms with Crippen LogP contribution in [0.15, 0.2) is 48.5 Å². The summed E-state index contributed by atoms with van der Waals surface area (Å²) in [5, 5.41) is 4.14. The Kier molecular flexibility index (Phi) is 5.34. The number of aryl methyl sites for hydroxylation is 2. The van der Waals surface area contributed by atoms with Gasteiger partial charge in [0.25, 0.3) is 0 Å². The molecule has 3 heteroatoms. The number of benzene rings is 2. The summed E-state index contributed by atoms with van der Waals surface area (Å²) in [5.41, 5.74) is 4.83. The number of anilines is 1. The highest BCUT2D eigenvalue weighted by atomic mass is 32.1. The van der Waals surface area contributed by atoms with Crippen molar-refractivity contribution in [1.29, 1.82) is 0 Å². The fourth-order valence-electron chi connectivity index (χ4n) is 2.28. The van der Waals surface area contributed by atoms with Crippen LogP contribution in [0, 0.1) is 13.8 Å². The molecular formula is C18H22N2S. The predicted octanol–water partition coefficient (Wildman–Crippen LogP) is 4.52. The van der Waals surface area contributed by atoms with E-state index in [1.165, 1.54) is 16.7 Å². The van der Waals surface area contributed by atoms with Crippen molar-refractivity contribution in [2.45, 2.75) is 27.3 Å². The van der Waals surface area contributed by atoms with Crippen molar-refractivity contribution in [3.8, 4) is 0 Å². The first-order valence-corrected chi connectivity index (χ1v) is 7.68. The molecule has 0 bridgehead atoms. The number of hydrogen-bond donors (Lipinski definition) is 1. The van der Waals surface area contributed by atoms with Gasteiger partial charge in [-0.3, -0.25) is 0 Å². The van der Waals surface area contributed by atoms with E-state index >= 15 is 0 Å².